The van der Waals surface area contributed by atoms with Crippen LogP contribution in [0.3, 0.4) is 0 Å². The Balaban J connectivity index is 1.20. The van der Waals surface area contributed by atoms with Gasteiger partial charge in [-0.1, -0.05) is 41.9 Å². The molecule has 33 heavy (non-hydrogen) atoms. The van der Waals surface area contributed by atoms with Crippen molar-refractivity contribution in [1.82, 2.24) is 15.1 Å². The Morgan fingerprint density at radius 1 is 0.939 bits per heavy atom. The molecule has 1 saturated heterocycles. The molecule has 0 unspecified atom stereocenters. The van der Waals surface area contributed by atoms with E-state index in [2.05, 4.69) is 10.2 Å². The molecule has 1 amide bonds. The molecule has 2 aromatic rings. The zero-order valence-electron chi connectivity index (χ0n) is 18.5. The van der Waals surface area contributed by atoms with Gasteiger partial charge in [0.15, 0.2) is 11.6 Å². The number of ketones is 2. The first-order chi connectivity index (χ1) is 16.0. The third-order valence-corrected chi connectivity index (χ3v) is 6.56. The maximum Gasteiger partial charge on any atom is 0.253 e. The van der Waals surface area contributed by atoms with E-state index >= 15 is 0 Å². The molecule has 0 radical (unpaired) electrons. The average molecular weight is 466 g/mol. The minimum atomic E-state index is -0.0954. The number of piperazine rings is 1. The summed E-state index contributed by atoms with van der Waals surface area (Å²) in [5.41, 5.74) is 1.97. The number of nitrogens with one attached hydrogen (secondary N) is 1. The predicted molar refractivity (Wildman–Crippen MR) is 128 cm³/mol. The highest BCUT2D eigenvalue weighted by Gasteiger charge is 2.31. The van der Waals surface area contributed by atoms with E-state index in [0.29, 0.717) is 43.1 Å². The monoisotopic (exact) mass is 465 g/mol. The van der Waals surface area contributed by atoms with Gasteiger partial charge < -0.3 is 10.2 Å². The zero-order chi connectivity index (χ0) is 23.2. The van der Waals surface area contributed by atoms with Crippen LogP contribution < -0.4 is 5.32 Å². The summed E-state index contributed by atoms with van der Waals surface area (Å²) in [6, 6.07) is 16.7. The SMILES string of the molecule is O=C1CC(c2ccccc2)CC(=O)C1=CNCCN1CCN(C(=O)c2ccc(Cl)cc2)CC1. The van der Waals surface area contributed by atoms with Crippen LogP contribution in [0.25, 0.3) is 0 Å². The number of carbonyl (C=O) groups is 3. The van der Waals surface area contributed by atoms with Gasteiger partial charge in [-0.25, -0.2) is 0 Å². The van der Waals surface area contributed by atoms with Crippen molar-refractivity contribution in [3.05, 3.63) is 82.5 Å². The molecule has 2 fully saturated rings. The van der Waals surface area contributed by atoms with Gasteiger partial charge >= 0.3 is 0 Å². The van der Waals surface area contributed by atoms with Crippen LogP contribution in [0, 0.1) is 0 Å². The lowest BCUT2D eigenvalue weighted by Crippen LogP contribution is -2.49. The van der Waals surface area contributed by atoms with Gasteiger partial charge in [0.2, 0.25) is 0 Å². The Kier molecular flexibility index (Phi) is 7.57. The fourth-order valence-corrected chi connectivity index (χ4v) is 4.49. The summed E-state index contributed by atoms with van der Waals surface area (Å²) < 4.78 is 0. The average Bonchev–Trinajstić information content (AvgIpc) is 2.84. The molecule has 1 heterocycles. The van der Waals surface area contributed by atoms with Crippen molar-refractivity contribution in [2.24, 2.45) is 0 Å². The van der Waals surface area contributed by atoms with E-state index in [1.807, 2.05) is 35.2 Å². The van der Waals surface area contributed by atoms with Crippen LogP contribution >= 0.6 is 11.6 Å². The predicted octanol–water partition coefficient (Wildman–Crippen LogP) is 3.29. The van der Waals surface area contributed by atoms with Gasteiger partial charge in [0.1, 0.15) is 0 Å². The molecule has 1 N–H and O–H groups in total. The number of Topliss-reactive ketones (excluding diaryl/α,β-unsaturated/α-hetero) is 2. The number of hydrogen-bond donors (Lipinski definition) is 1. The van der Waals surface area contributed by atoms with Gasteiger partial charge in [0.25, 0.3) is 5.91 Å². The number of rotatable bonds is 6. The molecule has 172 valence electrons. The van der Waals surface area contributed by atoms with Crippen LogP contribution in [-0.2, 0) is 9.59 Å². The van der Waals surface area contributed by atoms with Crippen LogP contribution in [0.1, 0.15) is 34.7 Å². The third-order valence-electron chi connectivity index (χ3n) is 6.30. The number of amides is 1. The topological polar surface area (TPSA) is 69.7 Å². The minimum absolute atomic E-state index is 0.0253. The number of nitrogens with zero attached hydrogens (tertiary/aromatic N) is 2. The molecule has 0 atom stereocenters. The van der Waals surface area contributed by atoms with Crippen molar-refractivity contribution in [2.75, 3.05) is 39.3 Å². The molecule has 0 aromatic heterocycles. The highest BCUT2D eigenvalue weighted by atomic mass is 35.5. The smallest absolute Gasteiger partial charge is 0.253 e. The van der Waals surface area contributed by atoms with E-state index in [-0.39, 0.29) is 29.0 Å². The summed E-state index contributed by atoms with van der Waals surface area (Å²) in [7, 11) is 0. The van der Waals surface area contributed by atoms with E-state index < -0.39 is 0 Å². The lowest BCUT2D eigenvalue weighted by molar-refractivity contribution is -0.124. The summed E-state index contributed by atoms with van der Waals surface area (Å²) in [6.45, 7) is 4.32. The second-order valence-electron chi connectivity index (χ2n) is 8.52. The minimum Gasteiger partial charge on any atom is -0.389 e. The van der Waals surface area contributed by atoms with Gasteiger partial charge in [0, 0.05) is 68.9 Å². The van der Waals surface area contributed by atoms with E-state index in [1.54, 1.807) is 30.5 Å². The van der Waals surface area contributed by atoms with Crippen molar-refractivity contribution in [2.45, 2.75) is 18.8 Å². The van der Waals surface area contributed by atoms with E-state index in [0.717, 1.165) is 25.2 Å². The second-order valence-corrected chi connectivity index (χ2v) is 8.95. The summed E-state index contributed by atoms with van der Waals surface area (Å²) in [5, 5.41) is 3.76. The van der Waals surface area contributed by atoms with Crippen molar-refractivity contribution < 1.29 is 14.4 Å². The molecule has 7 heteroatoms. The molecule has 2 aromatic carbocycles. The first-order valence-electron chi connectivity index (χ1n) is 11.3. The first-order valence-corrected chi connectivity index (χ1v) is 11.7. The molecule has 1 aliphatic heterocycles. The Hall–Kier alpha value is -2.96. The van der Waals surface area contributed by atoms with E-state index in [1.165, 1.54) is 0 Å². The summed E-state index contributed by atoms with van der Waals surface area (Å²) in [5.74, 6) is -0.198. The van der Waals surface area contributed by atoms with Gasteiger partial charge in [-0.15, -0.1) is 0 Å². The lowest BCUT2D eigenvalue weighted by Gasteiger charge is -2.34. The van der Waals surface area contributed by atoms with E-state index in [4.69, 9.17) is 11.6 Å². The third kappa shape index (κ3) is 5.89. The normalized spacial score (nSPS) is 19.5. The van der Waals surface area contributed by atoms with Gasteiger partial charge in [-0.05, 0) is 35.7 Å². The first kappa shape index (κ1) is 23.2. The molecular weight excluding hydrogens is 438 g/mol. The summed E-state index contributed by atoms with van der Waals surface area (Å²) in [4.78, 5) is 41.8. The van der Waals surface area contributed by atoms with Crippen LogP contribution in [-0.4, -0.2) is 66.5 Å². The largest absolute Gasteiger partial charge is 0.389 e. The van der Waals surface area contributed by atoms with E-state index in [9.17, 15) is 14.4 Å². The van der Waals surface area contributed by atoms with Crippen molar-refractivity contribution in [3.8, 4) is 0 Å². The molecule has 2 aliphatic rings. The highest BCUT2D eigenvalue weighted by Crippen LogP contribution is 2.31. The fraction of sp³-hybridized carbons (Fsp3) is 0.346. The number of hydrogen-bond acceptors (Lipinski definition) is 5. The Morgan fingerprint density at radius 3 is 2.21 bits per heavy atom. The molecule has 0 spiro atoms. The Bertz CT molecular complexity index is 1010. The van der Waals surface area contributed by atoms with Crippen LogP contribution in [0.5, 0.6) is 0 Å². The maximum absolute atomic E-state index is 12.6. The fourth-order valence-electron chi connectivity index (χ4n) is 4.36. The van der Waals surface area contributed by atoms with Gasteiger partial charge in [-0.2, -0.15) is 0 Å². The molecule has 4 rings (SSSR count). The van der Waals surface area contributed by atoms with Crippen molar-refractivity contribution in [3.63, 3.8) is 0 Å². The maximum atomic E-state index is 12.6. The van der Waals surface area contributed by atoms with Gasteiger partial charge in [0.05, 0.1) is 5.57 Å². The molecule has 1 saturated carbocycles. The number of allylic oxidation sites excluding steroid dienone is 1. The number of halogens is 1. The quantitative estimate of drug-likeness (QED) is 0.403. The van der Waals surface area contributed by atoms with Crippen LogP contribution in [0.15, 0.2) is 66.4 Å². The lowest BCUT2D eigenvalue weighted by atomic mass is 9.80. The standard InChI is InChI=1S/C26H28ClN3O3/c27-22-8-6-20(7-9-22)26(33)30-14-12-29(13-15-30)11-10-28-18-23-24(31)16-21(17-25(23)32)19-4-2-1-3-5-19/h1-9,18,21,28H,10-17H2. The molecule has 1 aliphatic carbocycles. The Labute approximate surface area is 199 Å². The number of benzene rings is 2. The van der Waals surface area contributed by atoms with Crippen molar-refractivity contribution in [1.29, 1.82) is 0 Å². The molecular formula is C26H28ClN3O3. The summed E-state index contributed by atoms with van der Waals surface area (Å²) >= 11 is 5.90. The molecule has 6 nitrogen and oxygen atoms in total. The van der Waals surface area contributed by atoms with Crippen LogP contribution in [0.2, 0.25) is 5.02 Å². The number of carbonyl (C=O) groups excluding carboxylic acids is 3. The zero-order valence-corrected chi connectivity index (χ0v) is 19.3. The highest BCUT2D eigenvalue weighted by molar-refractivity contribution is 6.30. The Morgan fingerprint density at radius 2 is 1.58 bits per heavy atom. The second kappa shape index (κ2) is 10.8. The summed E-state index contributed by atoms with van der Waals surface area (Å²) in [6.07, 6.45) is 2.33. The molecule has 0 bridgehead atoms. The van der Waals surface area contributed by atoms with Gasteiger partial charge in [-0.3, -0.25) is 19.3 Å². The van der Waals surface area contributed by atoms with Crippen molar-refractivity contribution >= 4 is 29.1 Å². The van der Waals surface area contributed by atoms with Crippen LogP contribution in [0.4, 0.5) is 0 Å².